The zero-order valence-corrected chi connectivity index (χ0v) is 10.9. The van der Waals surface area contributed by atoms with E-state index in [1.165, 1.54) is 0 Å². The molecular formula is C16H13N3O. The summed E-state index contributed by atoms with van der Waals surface area (Å²) in [4.78, 5) is 12.0. The number of Topliss-reactive ketones (excluding diaryl/α,β-unsaturated/α-hetero) is 1. The van der Waals surface area contributed by atoms with Gasteiger partial charge in [-0.3, -0.25) is 4.79 Å². The first-order valence-corrected chi connectivity index (χ1v) is 6.78. The Bertz CT molecular complexity index is 785. The van der Waals surface area contributed by atoms with E-state index in [0.717, 1.165) is 35.1 Å². The van der Waals surface area contributed by atoms with Crippen LogP contribution in [-0.2, 0) is 0 Å². The summed E-state index contributed by atoms with van der Waals surface area (Å²) in [7, 11) is 0. The molecule has 0 amide bonds. The fourth-order valence-corrected chi connectivity index (χ4v) is 2.41. The van der Waals surface area contributed by atoms with Gasteiger partial charge in [-0.05, 0) is 49.2 Å². The van der Waals surface area contributed by atoms with Crippen LogP contribution < -0.4 is 0 Å². The molecule has 0 N–H and O–H groups in total. The Kier molecular flexibility index (Phi) is 2.42. The number of aromatic nitrogens is 3. The fraction of sp³-hybridized carbons (Fsp3) is 0.188. The van der Waals surface area contributed by atoms with Crippen molar-refractivity contribution in [1.29, 1.82) is 0 Å². The normalized spacial score (nSPS) is 14.6. The molecule has 1 heterocycles. The van der Waals surface area contributed by atoms with E-state index in [9.17, 15) is 4.79 Å². The lowest BCUT2D eigenvalue weighted by molar-refractivity contribution is 0.0967. The Morgan fingerprint density at radius 1 is 1.05 bits per heavy atom. The molecule has 0 radical (unpaired) electrons. The van der Waals surface area contributed by atoms with Crippen LogP contribution in [0.15, 0.2) is 48.5 Å². The molecule has 1 aliphatic carbocycles. The van der Waals surface area contributed by atoms with Crippen molar-refractivity contribution in [3.8, 4) is 5.69 Å². The zero-order valence-electron chi connectivity index (χ0n) is 10.9. The average molecular weight is 263 g/mol. The molecule has 0 unspecified atom stereocenters. The summed E-state index contributed by atoms with van der Waals surface area (Å²) in [5, 5.41) is 8.31. The van der Waals surface area contributed by atoms with Crippen molar-refractivity contribution in [2.45, 2.75) is 12.8 Å². The van der Waals surface area contributed by atoms with Crippen LogP contribution in [-0.4, -0.2) is 20.8 Å². The monoisotopic (exact) mass is 263 g/mol. The standard InChI is InChI=1S/C16H13N3O/c20-16(11-5-6-11)12-7-9-13(10-8-12)19-15-4-2-1-3-14(15)17-18-19/h1-4,7-11H,5-6H2. The summed E-state index contributed by atoms with van der Waals surface area (Å²) in [6.07, 6.45) is 2.07. The van der Waals surface area contributed by atoms with E-state index in [4.69, 9.17) is 0 Å². The van der Waals surface area contributed by atoms with Crippen LogP contribution in [0.2, 0.25) is 0 Å². The van der Waals surface area contributed by atoms with Gasteiger partial charge in [0.2, 0.25) is 0 Å². The summed E-state index contributed by atoms with van der Waals surface area (Å²) >= 11 is 0. The molecule has 3 aromatic rings. The number of nitrogens with zero attached hydrogens (tertiary/aromatic N) is 3. The minimum atomic E-state index is 0.257. The molecule has 1 fully saturated rings. The number of carbonyl (C=O) groups excluding carboxylic acids is 1. The van der Waals surface area contributed by atoms with Crippen molar-refractivity contribution >= 4 is 16.8 Å². The van der Waals surface area contributed by atoms with Crippen LogP contribution in [0.25, 0.3) is 16.7 Å². The third-order valence-corrected chi connectivity index (χ3v) is 3.70. The smallest absolute Gasteiger partial charge is 0.165 e. The first-order chi connectivity index (χ1) is 9.83. The van der Waals surface area contributed by atoms with Gasteiger partial charge in [0.15, 0.2) is 5.78 Å². The van der Waals surface area contributed by atoms with Crippen molar-refractivity contribution in [3.63, 3.8) is 0 Å². The molecule has 2 aromatic carbocycles. The van der Waals surface area contributed by atoms with Gasteiger partial charge in [-0.25, -0.2) is 4.68 Å². The maximum Gasteiger partial charge on any atom is 0.165 e. The van der Waals surface area contributed by atoms with Crippen molar-refractivity contribution < 1.29 is 4.79 Å². The highest BCUT2D eigenvalue weighted by Gasteiger charge is 2.30. The van der Waals surface area contributed by atoms with Crippen molar-refractivity contribution in [1.82, 2.24) is 15.0 Å². The van der Waals surface area contributed by atoms with Crippen LogP contribution >= 0.6 is 0 Å². The average Bonchev–Trinajstić information content (AvgIpc) is 3.26. The molecule has 0 aliphatic heterocycles. The summed E-state index contributed by atoms with van der Waals surface area (Å²) in [5.41, 5.74) is 3.55. The number of rotatable bonds is 3. The van der Waals surface area contributed by atoms with Gasteiger partial charge in [0.25, 0.3) is 0 Å². The minimum absolute atomic E-state index is 0.257. The van der Waals surface area contributed by atoms with Gasteiger partial charge in [-0.1, -0.05) is 17.3 Å². The molecule has 0 bridgehead atoms. The van der Waals surface area contributed by atoms with Gasteiger partial charge in [-0.2, -0.15) is 0 Å². The summed E-state index contributed by atoms with van der Waals surface area (Å²) in [6.45, 7) is 0. The van der Waals surface area contributed by atoms with Crippen molar-refractivity contribution in [3.05, 3.63) is 54.1 Å². The van der Waals surface area contributed by atoms with E-state index in [1.54, 1.807) is 4.68 Å². The van der Waals surface area contributed by atoms with Crippen molar-refractivity contribution in [2.24, 2.45) is 5.92 Å². The first kappa shape index (κ1) is 11.3. The lowest BCUT2D eigenvalue weighted by atomic mass is 10.1. The van der Waals surface area contributed by atoms with Crippen molar-refractivity contribution in [2.75, 3.05) is 0 Å². The molecule has 98 valence electrons. The number of benzene rings is 2. The highest BCUT2D eigenvalue weighted by molar-refractivity contribution is 5.99. The second kappa shape index (κ2) is 4.27. The predicted molar refractivity (Wildman–Crippen MR) is 75.9 cm³/mol. The second-order valence-electron chi connectivity index (χ2n) is 5.18. The molecule has 0 atom stereocenters. The zero-order chi connectivity index (χ0) is 13.5. The lowest BCUT2D eigenvalue weighted by Crippen LogP contribution is -2.02. The number of carbonyl (C=O) groups is 1. The van der Waals surface area contributed by atoms with Gasteiger partial charge < -0.3 is 0 Å². The minimum Gasteiger partial charge on any atom is -0.294 e. The fourth-order valence-electron chi connectivity index (χ4n) is 2.41. The van der Waals surface area contributed by atoms with Gasteiger partial charge in [0.05, 0.1) is 11.2 Å². The van der Waals surface area contributed by atoms with E-state index in [1.807, 2.05) is 48.5 Å². The quantitative estimate of drug-likeness (QED) is 0.682. The Hall–Kier alpha value is -2.49. The van der Waals surface area contributed by atoms with E-state index < -0.39 is 0 Å². The Morgan fingerprint density at radius 2 is 1.80 bits per heavy atom. The molecule has 1 saturated carbocycles. The number of para-hydroxylation sites is 1. The highest BCUT2D eigenvalue weighted by atomic mass is 16.1. The molecule has 1 aliphatic rings. The second-order valence-corrected chi connectivity index (χ2v) is 5.18. The number of fused-ring (bicyclic) bond motifs is 1. The molecular weight excluding hydrogens is 250 g/mol. The van der Waals surface area contributed by atoms with E-state index >= 15 is 0 Å². The number of ketones is 1. The van der Waals surface area contributed by atoms with Gasteiger partial charge in [-0.15, -0.1) is 5.10 Å². The highest BCUT2D eigenvalue weighted by Crippen LogP contribution is 2.32. The van der Waals surface area contributed by atoms with Crippen LogP contribution in [0.1, 0.15) is 23.2 Å². The van der Waals surface area contributed by atoms with Gasteiger partial charge >= 0.3 is 0 Å². The Balaban J connectivity index is 1.73. The molecule has 0 spiro atoms. The summed E-state index contributed by atoms with van der Waals surface area (Å²) in [6, 6.07) is 15.4. The molecule has 4 rings (SSSR count). The molecule has 1 aromatic heterocycles. The van der Waals surface area contributed by atoms with E-state index in [0.29, 0.717) is 0 Å². The Morgan fingerprint density at radius 3 is 2.55 bits per heavy atom. The predicted octanol–water partition coefficient (Wildman–Crippen LogP) is 3.01. The molecule has 20 heavy (non-hydrogen) atoms. The summed E-state index contributed by atoms with van der Waals surface area (Å²) in [5.74, 6) is 0.521. The third kappa shape index (κ3) is 1.81. The maximum atomic E-state index is 12.0. The lowest BCUT2D eigenvalue weighted by Gasteiger charge is -2.04. The molecule has 4 nitrogen and oxygen atoms in total. The van der Waals surface area contributed by atoms with Gasteiger partial charge in [0, 0.05) is 11.5 Å². The van der Waals surface area contributed by atoms with Crippen LogP contribution in [0.4, 0.5) is 0 Å². The topological polar surface area (TPSA) is 47.8 Å². The largest absolute Gasteiger partial charge is 0.294 e. The maximum absolute atomic E-state index is 12.0. The molecule has 4 heteroatoms. The SMILES string of the molecule is O=C(c1ccc(-n2nnc3ccccc32)cc1)C1CC1. The van der Waals surface area contributed by atoms with E-state index in [2.05, 4.69) is 10.3 Å². The number of hydrogen-bond donors (Lipinski definition) is 0. The van der Waals surface area contributed by atoms with Gasteiger partial charge in [0.1, 0.15) is 5.52 Å². The van der Waals surface area contributed by atoms with Crippen LogP contribution in [0.5, 0.6) is 0 Å². The van der Waals surface area contributed by atoms with Crippen LogP contribution in [0, 0.1) is 5.92 Å². The number of hydrogen-bond acceptors (Lipinski definition) is 3. The first-order valence-electron chi connectivity index (χ1n) is 6.78. The summed E-state index contributed by atoms with van der Waals surface area (Å²) < 4.78 is 1.79. The Labute approximate surface area is 116 Å². The third-order valence-electron chi connectivity index (χ3n) is 3.70. The van der Waals surface area contributed by atoms with E-state index in [-0.39, 0.29) is 11.7 Å². The van der Waals surface area contributed by atoms with Crippen LogP contribution in [0.3, 0.4) is 0 Å². The molecule has 0 saturated heterocycles.